The Morgan fingerprint density at radius 1 is 1.11 bits per heavy atom. The Morgan fingerprint density at radius 2 is 1.72 bits per heavy atom. The molecule has 4 heteroatoms. The Kier molecular flexibility index (Phi) is 4.58. The maximum Gasteiger partial charge on any atom is 0.0458 e. The number of benzene rings is 1. The molecule has 4 nitrogen and oxygen atoms in total. The van der Waals surface area contributed by atoms with Crippen molar-refractivity contribution in [1.29, 1.82) is 0 Å². The lowest BCUT2D eigenvalue weighted by Crippen LogP contribution is -2.48. The maximum absolute atomic E-state index is 8.65. The predicted octanol–water partition coefficient (Wildman–Crippen LogP) is 1.70. The van der Waals surface area contributed by atoms with Crippen molar-refractivity contribution in [2.75, 3.05) is 31.1 Å². The predicted molar refractivity (Wildman–Crippen MR) is 74.0 cm³/mol. The second-order valence-electron chi connectivity index (χ2n) is 5.12. The number of hydrogen-bond donors (Lipinski definition) is 2. The second-order valence-corrected chi connectivity index (χ2v) is 5.12. The number of piperazine rings is 1. The molecule has 1 aromatic carbocycles. The van der Waals surface area contributed by atoms with Crippen LogP contribution in [0.2, 0.25) is 0 Å². The minimum absolute atomic E-state index is 0.501. The first kappa shape index (κ1) is 13.3. The molecule has 0 radical (unpaired) electrons. The summed E-state index contributed by atoms with van der Waals surface area (Å²) in [6.07, 6.45) is 0. The Balaban J connectivity index is 1.93. The number of anilines is 1. The summed E-state index contributed by atoms with van der Waals surface area (Å²) in [5.41, 5.74) is 4.56. The van der Waals surface area contributed by atoms with Crippen molar-refractivity contribution in [2.24, 2.45) is 0 Å². The van der Waals surface area contributed by atoms with Crippen LogP contribution < -0.4 is 10.4 Å². The van der Waals surface area contributed by atoms with E-state index in [9.17, 15) is 0 Å². The zero-order chi connectivity index (χ0) is 13.0. The third-order valence-corrected chi connectivity index (χ3v) is 3.63. The molecule has 18 heavy (non-hydrogen) atoms. The fourth-order valence-electron chi connectivity index (χ4n) is 2.41. The van der Waals surface area contributed by atoms with E-state index in [1.54, 1.807) is 0 Å². The number of hydroxylamine groups is 1. The number of nitrogens with zero attached hydrogens (tertiary/aromatic N) is 2. The molecule has 0 amide bonds. The highest BCUT2D eigenvalue weighted by Gasteiger charge is 2.18. The van der Waals surface area contributed by atoms with Gasteiger partial charge in [0.05, 0.1) is 0 Å². The van der Waals surface area contributed by atoms with Crippen LogP contribution in [0.15, 0.2) is 24.3 Å². The molecule has 0 spiro atoms. The molecule has 2 N–H and O–H groups in total. The van der Waals surface area contributed by atoms with Gasteiger partial charge in [0, 0.05) is 44.5 Å². The van der Waals surface area contributed by atoms with E-state index in [1.165, 1.54) is 5.69 Å². The van der Waals surface area contributed by atoms with Crippen LogP contribution in [0.25, 0.3) is 0 Å². The molecule has 1 aliphatic heterocycles. The van der Waals surface area contributed by atoms with Crippen molar-refractivity contribution in [2.45, 2.75) is 26.4 Å². The Bertz CT molecular complexity index is 356. The zero-order valence-electron chi connectivity index (χ0n) is 11.3. The van der Waals surface area contributed by atoms with Gasteiger partial charge in [-0.3, -0.25) is 4.90 Å². The van der Waals surface area contributed by atoms with E-state index in [0.29, 0.717) is 12.6 Å². The molecule has 1 aliphatic rings. The number of rotatable bonds is 4. The normalized spacial score (nSPS) is 17.4. The Morgan fingerprint density at radius 3 is 2.22 bits per heavy atom. The van der Waals surface area contributed by atoms with Gasteiger partial charge < -0.3 is 10.1 Å². The third-order valence-electron chi connectivity index (χ3n) is 3.63. The molecular formula is C14H23N3O. The molecule has 0 aromatic heterocycles. The van der Waals surface area contributed by atoms with Crippen LogP contribution in [0, 0.1) is 0 Å². The molecule has 0 saturated carbocycles. The van der Waals surface area contributed by atoms with Crippen molar-refractivity contribution in [3.63, 3.8) is 0 Å². The highest BCUT2D eigenvalue weighted by atomic mass is 16.5. The van der Waals surface area contributed by atoms with Gasteiger partial charge in [-0.15, -0.1) is 0 Å². The summed E-state index contributed by atoms with van der Waals surface area (Å²) in [5.74, 6) is 0. The average Bonchev–Trinajstić information content (AvgIpc) is 2.40. The lowest BCUT2D eigenvalue weighted by molar-refractivity contribution is 0.161. The minimum atomic E-state index is 0.501. The minimum Gasteiger partial charge on any atom is -0.369 e. The van der Waals surface area contributed by atoms with Crippen molar-refractivity contribution in [1.82, 2.24) is 10.4 Å². The molecule has 100 valence electrons. The molecule has 0 atom stereocenters. The second kappa shape index (κ2) is 6.18. The lowest BCUT2D eigenvalue weighted by atomic mass is 10.1. The molecular weight excluding hydrogens is 226 g/mol. The summed E-state index contributed by atoms with van der Waals surface area (Å²) in [4.78, 5) is 4.94. The van der Waals surface area contributed by atoms with E-state index in [0.717, 1.165) is 31.7 Å². The largest absolute Gasteiger partial charge is 0.369 e. The van der Waals surface area contributed by atoms with Crippen LogP contribution >= 0.6 is 0 Å². The van der Waals surface area contributed by atoms with Gasteiger partial charge in [0.15, 0.2) is 0 Å². The van der Waals surface area contributed by atoms with E-state index in [4.69, 9.17) is 5.21 Å². The summed E-state index contributed by atoms with van der Waals surface area (Å²) in [7, 11) is 0. The van der Waals surface area contributed by atoms with Crippen LogP contribution in [-0.2, 0) is 6.54 Å². The van der Waals surface area contributed by atoms with Gasteiger partial charge in [0.1, 0.15) is 0 Å². The Labute approximate surface area is 109 Å². The van der Waals surface area contributed by atoms with E-state index in [-0.39, 0.29) is 0 Å². The third kappa shape index (κ3) is 3.22. The smallest absolute Gasteiger partial charge is 0.0458 e. The summed E-state index contributed by atoms with van der Waals surface area (Å²) in [6, 6.07) is 9.04. The van der Waals surface area contributed by atoms with E-state index < -0.39 is 0 Å². The molecule has 2 rings (SSSR count). The molecule has 0 bridgehead atoms. The van der Waals surface area contributed by atoms with Gasteiger partial charge in [-0.2, -0.15) is 0 Å². The van der Waals surface area contributed by atoms with Gasteiger partial charge in [0.2, 0.25) is 0 Å². The van der Waals surface area contributed by atoms with Crippen LogP contribution in [0.4, 0.5) is 5.69 Å². The topological polar surface area (TPSA) is 38.7 Å². The monoisotopic (exact) mass is 249 g/mol. The van der Waals surface area contributed by atoms with Gasteiger partial charge in [-0.25, -0.2) is 5.48 Å². The van der Waals surface area contributed by atoms with Gasteiger partial charge in [0.25, 0.3) is 0 Å². The van der Waals surface area contributed by atoms with Crippen molar-refractivity contribution in [3.05, 3.63) is 29.8 Å². The lowest BCUT2D eigenvalue weighted by Gasteiger charge is -2.38. The van der Waals surface area contributed by atoms with Crippen LogP contribution in [0.3, 0.4) is 0 Å². The van der Waals surface area contributed by atoms with Crippen molar-refractivity contribution < 1.29 is 5.21 Å². The fourth-order valence-corrected chi connectivity index (χ4v) is 2.41. The standard InChI is InChI=1S/C14H23N3O/c1-12(2)16-7-9-17(10-8-16)14-5-3-13(4-6-14)11-15-18/h3-6,12,15,18H,7-11H2,1-2H3. The SMILES string of the molecule is CC(C)N1CCN(c2ccc(CNO)cc2)CC1. The average molecular weight is 249 g/mol. The number of nitrogens with one attached hydrogen (secondary N) is 1. The van der Waals surface area contributed by atoms with Crippen molar-refractivity contribution in [3.8, 4) is 0 Å². The molecule has 1 fully saturated rings. The Hall–Kier alpha value is -1.10. The molecule has 0 unspecified atom stereocenters. The fraction of sp³-hybridized carbons (Fsp3) is 0.571. The molecule has 1 heterocycles. The highest BCUT2D eigenvalue weighted by molar-refractivity contribution is 5.48. The molecule has 1 saturated heterocycles. The summed E-state index contributed by atoms with van der Waals surface area (Å²) in [6.45, 7) is 9.47. The first-order valence-corrected chi connectivity index (χ1v) is 6.65. The molecule has 0 aliphatic carbocycles. The van der Waals surface area contributed by atoms with Crippen LogP contribution in [0.1, 0.15) is 19.4 Å². The first-order valence-electron chi connectivity index (χ1n) is 6.65. The van der Waals surface area contributed by atoms with Gasteiger partial charge in [-0.05, 0) is 31.5 Å². The first-order chi connectivity index (χ1) is 8.70. The van der Waals surface area contributed by atoms with Crippen molar-refractivity contribution >= 4 is 5.69 Å². The summed E-state index contributed by atoms with van der Waals surface area (Å²) >= 11 is 0. The molecule has 1 aromatic rings. The maximum atomic E-state index is 8.65. The summed E-state index contributed by atoms with van der Waals surface area (Å²) < 4.78 is 0. The quantitative estimate of drug-likeness (QED) is 0.797. The highest BCUT2D eigenvalue weighted by Crippen LogP contribution is 2.18. The van der Waals surface area contributed by atoms with Gasteiger partial charge in [-0.1, -0.05) is 12.1 Å². The van der Waals surface area contributed by atoms with E-state index >= 15 is 0 Å². The van der Waals surface area contributed by atoms with Gasteiger partial charge >= 0.3 is 0 Å². The van der Waals surface area contributed by atoms with E-state index in [2.05, 4.69) is 53.4 Å². The summed E-state index contributed by atoms with van der Waals surface area (Å²) in [5, 5.41) is 8.65. The van der Waals surface area contributed by atoms with E-state index in [1.807, 2.05) is 0 Å². The zero-order valence-corrected chi connectivity index (χ0v) is 11.3. The van der Waals surface area contributed by atoms with Crippen LogP contribution in [-0.4, -0.2) is 42.3 Å². The van der Waals surface area contributed by atoms with Crippen LogP contribution in [0.5, 0.6) is 0 Å². The number of hydrogen-bond acceptors (Lipinski definition) is 4.